The molecule has 0 bridgehead atoms. The zero-order valence-electron chi connectivity index (χ0n) is 16.3. The van der Waals surface area contributed by atoms with Crippen LogP contribution in [0, 0.1) is 12.8 Å². The predicted molar refractivity (Wildman–Crippen MR) is 113 cm³/mol. The highest BCUT2D eigenvalue weighted by Gasteiger charge is 2.22. The Balaban J connectivity index is 1.88. The van der Waals surface area contributed by atoms with E-state index in [9.17, 15) is 4.79 Å². The number of H-pyrrole nitrogens is 1. The van der Waals surface area contributed by atoms with Gasteiger partial charge in [0.25, 0.3) is 5.91 Å². The first-order chi connectivity index (χ1) is 13.0. The minimum absolute atomic E-state index is 0.0737. The number of aromatic nitrogens is 2. The molecular formula is C21H26N4OS. The lowest BCUT2D eigenvalue weighted by Gasteiger charge is -2.26. The lowest BCUT2D eigenvalue weighted by molar-refractivity contribution is 0.0987. The zero-order valence-corrected chi connectivity index (χ0v) is 17.1. The van der Waals surface area contributed by atoms with E-state index in [1.807, 2.05) is 48.6 Å². The largest absolute Gasteiger partial charge is 0.369 e. The van der Waals surface area contributed by atoms with Crippen molar-refractivity contribution in [2.45, 2.75) is 27.3 Å². The van der Waals surface area contributed by atoms with Crippen LogP contribution in [0.25, 0.3) is 0 Å². The van der Waals surface area contributed by atoms with E-state index in [-0.39, 0.29) is 5.91 Å². The van der Waals surface area contributed by atoms with Crippen molar-refractivity contribution < 1.29 is 4.79 Å². The fourth-order valence-electron chi connectivity index (χ4n) is 3.00. The van der Waals surface area contributed by atoms with Crippen LogP contribution < -0.4 is 9.80 Å². The number of hydrogen-bond acceptors (Lipinski definition) is 4. The quantitative estimate of drug-likeness (QED) is 0.643. The number of benzene rings is 1. The number of amides is 1. The summed E-state index contributed by atoms with van der Waals surface area (Å²) in [6.45, 7) is 7.67. The molecule has 142 valence electrons. The maximum absolute atomic E-state index is 13.2. The molecule has 1 N–H and O–H groups in total. The second-order valence-electron chi connectivity index (χ2n) is 7.20. The third-order valence-electron chi connectivity index (χ3n) is 4.39. The normalized spacial score (nSPS) is 11.0. The SMILES string of the molecule is Cc1ccsc1C(=O)N(CC(C)C)c1cccc(N(C)Cc2cnc[nH]2)c1. The first-order valence-corrected chi connectivity index (χ1v) is 9.98. The van der Waals surface area contributed by atoms with Crippen molar-refractivity contribution in [1.29, 1.82) is 0 Å². The summed E-state index contributed by atoms with van der Waals surface area (Å²) >= 11 is 1.51. The van der Waals surface area contributed by atoms with Crippen LogP contribution in [0.5, 0.6) is 0 Å². The van der Waals surface area contributed by atoms with E-state index in [0.29, 0.717) is 12.5 Å². The van der Waals surface area contributed by atoms with Crippen molar-refractivity contribution in [2.75, 3.05) is 23.4 Å². The van der Waals surface area contributed by atoms with Gasteiger partial charge in [-0.1, -0.05) is 19.9 Å². The maximum Gasteiger partial charge on any atom is 0.268 e. The highest BCUT2D eigenvalue weighted by Crippen LogP contribution is 2.27. The molecule has 0 spiro atoms. The van der Waals surface area contributed by atoms with Gasteiger partial charge < -0.3 is 14.8 Å². The second-order valence-corrected chi connectivity index (χ2v) is 8.11. The van der Waals surface area contributed by atoms with Crippen LogP contribution in [0.1, 0.15) is 34.8 Å². The summed E-state index contributed by atoms with van der Waals surface area (Å²) in [5, 5.41) is 1.98. The highest BCUT2D eigenvalue weighted by atomic mass is 32.1. The Labute approximate surface area is 164 Å². The number of carbonyl (C=O) groups is 1. The Bertz CT molecular complexity index is 885. The van der Waals surface area contributed by atoms with E-state index in [1.54, 1.807) is 6.33 Å². The van der Waals surface area contributed by atoms with Gasteiger partial charge in [-0.15, -0.1) is 11.3 Å². The molecule has 1 aromatic carbocycles. The molecule has 3 rings (SSSR count). The van der Waals surface area contributed by atoms with E-state index < -0.39 is 0 Å². The standard InChI is InChI=1S/C21H26N4OS/c1-15(2)12-25(21(26)20-16(3)8-9-27-20)19-7-5-6-18(10-19)24(4)13-17-11-22-14-23-17/h5-11,14-15H,12-13H2,1-4H3,(H,22,23). The third-order valence-corrected chi connectivity index (χ3v) is 5.40. The van der Waals surface area contributed by atoms with Crippen LogP contribution in [-0.2, 0) is 6.54 Å². The molecule has 0 aliphatic rings. The number of nitrogens with one attached hydrogen (secondary N) is 1. The fourth-order valence-corrected chi connectivity index (χ4v) is 3.87. The number of thiophene rings is 1. The number of carbonyl (C=O) groups excluding carboxylic acids is 1. The summed E-state index contributed by atoms with van der Waals surface area (Å²) in [7, 11) is 2.04. The van der Waals surface area contributed by atoms with E-state index in [4.69, 9.17) is 0 Å². The average Bonchev–Trinajstić information content (AvgIpc) is 3.30. The van der Waals surface area contributed by atoms with Crippen molar-refractivity contribution in [3.05, 3.63) is 64.4 Å². The number of aryl methyl sites for hydroxylation is 1. The molecule has 1 amide bonds. The lowest BCUT2D eigenvalue weighted by Crippen LogP contribution is -2.34. The first-order valence-electron chi connectivity index (χ1n) is 9.10. The second kappa shape index (κ2) is 8.39. The summed E-state index contributed by atoms with van der Waals surface area (Å²) < 4.78 is 0. The molecule has 0 saturated heterocycles. The van der Waals surface area contributed by atoms with Gasteiger partial charge in [-0.25, -0.2) is 4.98 Å². The highest BCUT2D eigenvalue weighted by molar-refractivity contribution is 7.12. The van der Waals surface area contributed by atoms with Crippen molar-refractivity contribution in [3.8, 4) is 0 Å². The molecule has 0 saturated carbocycles. The number of hydrogen-bond donors (Lipinski definition) is 1. The van der Waals surface area contributed by atoms with Gasteiger partial charge in [0.1, 0.15) is 0 Å². The molecule has 5 nitrogen and oxygen atoms in total. The number of anilines is 2. The van der Waals surface area contributed by atoms with E-state index in [2.05, 4.69) is 40.8 Å². The Hall–Kier alpha value is -2.60. The van der Waals surface area contributed by atoms with Gasteiger partial charge in [0, 0.05) is 31.2 Å². The van der Waals surface area contributed by atoms with E-state index in [1.165, 1.54) is 11.3 Å². The van der Waals surface area contributed by atoms with Crippen molar-refractivity contribution >= 4 is 28.6 Å². The number of rotatable bonds is 7. The topological polar surface area (TPSA) is 52.2 Å². The molecule has 3 aromatic rings. The lowest BCUT2D eigenvalue weighted by atomic mass is 10.1. The van der Waals surface area contributed by atoms with Gasteiger partial charge >= 0.3 is 0 Å². The molecule has 2 aromatic heterocycles. The number of nitrogens with zero attached hydrogens (tertiary/aromatic N) is 3. The van der Waals surface area contributed by atoms with Crippen LogP contribution in [-0.4, -0.2) is 29.5 Å². The molecule has 27 heavy (non-hydrogen) atoms. The van der Waals surface area contributed by atoms with Crippen LogP contribution in [0.15, 0.2) is 48.2 Å². The molecule has 2 heterocycles. The number of imidazole rings is 1. The van der Waals surface area contributed by atoms with Crippen molar-refractivity contribution in [3.63, 3.8) is 0 Å². The predicted octanol–water partition coefficient (Wildman–Crippen LogP) is 4.72. The van der Waals surface area contributed by atoms with Gasteiger partial charge in [0.05, 0.1) is 23.4 Å². The van der Waals surface area contributed by atoms with Crippen molar-refractivity contribution in [1.82, 2.24) is 9.97 Å². The molecule has 6 heteroatoms. The summed E-state index contributed by atoms with van der Waals surface area (Å²) in [4.78, 5) is 25.3. The van der Waals surface area contributed by atoms with Gasteiger partial charge in [0.15, 0.2) is 0 Å². The summed E-state index contributed by atoms with van der Waals surface area (Å²) in [5.74, 6) is 0.449. The van der Waals surface area contributed by atoms with Crippen LogP contribution in [0.3, 0.4) is 0 Å². The minimum Gasteiger partial charge on any atom is -0.369 e. The molecular weight excluding hydrogens is 356 g/mol. The van der Waals surface area contributed by atoms with E-state index in [0.717, 1.165) is 34.1 Å². The van der Waals surface area contributed by atoms with Crippen LogP contribution in [0.2, 0.25) is 0 Å². The maximum atomic E-state index is 13.2. The molecule has 0 fully saturated rings. The van der Waals surface area contributed by atoms with Crippen LogP contribution in [0.4, 0.5) is 11.4 Å². The van der Waals surface area contributed by atoms with Gasteiger partial charge in [0.2, 0.25) is 0 Å². The Kier molecular flexibility index (Phi) is 5.96. The Morgan fingerprint density at radius 3 is 2.67 bits per heavy atom. The average molecular weight is 383 g/mol. The summed E-state index contributed by atoms with van der Waals surface area (Å²) in [6.07, 6.45) is 3.51. The van der Waals surface area contributed by atoms with Crippen molar-refractivity contribution in [2.24, 2.45) is 5.92 Å². The first kappa shape index (κ1) is 19.2. The number of aromatic amines is 1. The van der Waals surface area contributed by atoms with Gasteiger partial charge in [-0.2, -0.15) is 0 Å². The zero-order chi connectivity index (χ0) is 19.4. The summed E-state index contributed by atoms with van der Waals surface area (Å²) in [6, 6.07) is 10.2. The Morgan fingerprint density at radius 1 is 1.26 bits per heavy atom. The summed E-state index contributed by atoms with van der Waals surface area (Å²) in [5.41, 5.74) is 4.07. The van der Waals surface area contributed by atoms with Crippen LogP contribution >= 0.6 is 11.3 Å². The van der Waals surface area contributed by atoms with Gasteiger partial charge in [-0.3, -0.25) is 4.79 Å². The van der Waals surface area contributed by atoms with Gasteiger partial charge in [-0.05, 0) is 48.1 Å². The fraction of sp³-hybridized carbons (Fsp3) is 0.333. The smallest absolute Gasteiger partial charge is 0.268 e. The molecule has 0 radical (unpaired) electrons. The van der Waals surface area contributed by atoms with E-state index >= 15 is 0 Å². The Morgan fingerprint density at radius 2 is 2.04 bits per heavy atom. The molecule has 0 unspecified atom stereocenters. The molecule has 0 atom stereocenters. The molecule has 0 aliphatic heterocycles. The molecule has 0 aliphatic carbocycles. The third kappa shape index (κ3) is 4.57. The monoisotopic (exact) mass is 382 g/mol. The minimum atomic E-state index is 0.0737.